The zero-order chi connectivity index (χ0) is 20.6. The van der Waals surface area contributed by atoms with Gasteiger partial charge in [0.25, 0.3) is 0 Å². The van der Waals surface area contributed by atoms with Crippen LogP contribution in [0.4, 0.5) is 10.6 Å². The van der Waals surface area contributed by atoms with E-state index in [-0.39, 0.29) is 6.09 Å². The average Bonchev–Trinajstić information content (AvgIpc) is 3.35. The number of aromatic nitrogens is 4. The fraction of sp³-hybridized carbons (Fsp3) is 0.500. The molecule has 9 heteroatoms. The molecule has 3 aromatic rings. The molecule has 0 unspecified atom stereocenters. The Bertz CT molecular complexity index is 986. The summed E-state index contributed by atoms with van der Waals surface area (Å²) in [6.45, 7) is 7.03. The molecule has 154 valence electrons. The van der Waals surface area contributed by atoms with Crippen molar-refractivity contribution in [1.82, 2.24) is 24.7 Å². The highest BCUT2D eigenvalue weighted by molar-refractivity contribution is 7.08. The fourth-order valence-electron chi connectivity index (χ4n) is 3.49. The Morgan fingerprint density at radius 3 is 2.62 bits per heavy atom. The minimum Gasteiger partial charge on any atom is -0.444 e. The molecular weight excluding hydrogens is 388 g/mol. The van der Waals surface area contributed by atoms with E-state index in [2.05, 4.69) is 22.1 Å². The number of piperidine rings is 1. The standard InChI is InChI=1S/C20H26N6O2S/c1-20(2,3)28-19(27)25-10-7-15(8-11-25)24(4)17-6-5-16-21-22-18(26(16)23-17)14-9-12-29-13-14/h5-6,9,12-13,15H,7-8,10-11H2,1-4H3. The van der Waals surface area contributed by atoms with Crippen LogP contribution in [0.25, 0.3) is 17.0 Å². The quantitative estimate of drug-likeness (QED) is 0.651. The van der Waals surface area contributed by atoms with Crippen molar-refractivity contribution >= 4 is 28.9 Å². The number of carbonyl (C=O) groups excluding carboxylic acids is 1. The van der Waals surface area contributed by atoms with E-state index in [9.17, 15) is 4.79 Å². The third kappa shape index (κ3) is 4.19. The van der Waals surface area contributed by atoms with Crippen LogP contribution in [0, 0.1) is 0 Å². The molecule has 1 aliphatic rings. The van der Waals surface area contributed by atoms with Crippen molar-refractivity contribution in [3.05, 3.63) is 29.0 Å². The summed E-state index contributed by atoms with van der Waals surface area (Å²) in [6.07, 6.45) is 1.51. The van der Waals surface area contributed by atoms with Gasteiger partial charge in [-0.3, -0.25) is 0 Å². The summed E-state index contributed by atoms with van der Waals surface area (Å²) in [5.41, 5.74) is 1.27. The van der Waals surface area contributed by atoms with Crippen molar-refractivity contribution in [2.45, 2.75) is 45.3 Å². The molecule has 0 radical (unpaired) electrons. The minimum atomic E-state index is -0.469. The van der Waals surface area contributed by atoms with Crippen LogP contribution < -0.4 is 4.90 Å². The second-order valence-corrected chi connectivity index (χ2v) is 9.09. The van der Waals surface area contributed by atoms with Crippen LogP contribution >= 0.6 is 11.3 Å². The number of anilines is 1. The molecule has 8 nitrogen and oxygen atoms in total. The first-order valence-corrected chi connectivity index (χ1v) is 10.7. The first-order chi connectivity index (χ1) is 13.8. The van der Waals surface area contributed by atoms with Gasteiger partial charge in [0.15, 0.2) is 11.5 Å². The first-order valence-electron chi connectivity index (χ1n) is 9.77. The van der Waals surface area contributed by atoms with Crippen molar-refractivity contribution in [3.8, 4) is 11.4 Å². The third-order valence-electron chi connectivity index (χ3n) is 5.05. The van der Waals surface area contributed by atoms with Crippen molar-refractivity contribution in [2.75, 3.05) is 25.0 Å². The van der Waals surface area contributed by atoms with Crippen molar-refractivity contribution < 1.29 is 9.53 Å². The van der Waals surface area contributed by atoms with Crippen LogP contribution in [-0.4, -0.2) is 62.6 Å². The molecule has 0 bridgehead atoms. The van der Waals surface area contributed by atoms with Crippen LogP contribution in [0.2, 0.25) is 0 Å². The van der Waals surface area contributed by atoms with Gasteiger partial charge in [-0.2, -0.15) is 15.9 Å². The predicted molar refractivity (Wildman–Crippen MR) is 113 cm³/mol. The maximum Gasteiger partial charge on any atom is 0.410 e. The van der Waals surface area contributed by atoms with Gasteiger partial charge in [0.05, 0.1) is 0 Å². The number of rotatable bonds is 3. The van der Waals surface area contributed by atoms with Gasteiger partial charge in [0.2, 0.25) is 0 Å². The van der Waals surface area contributed by atoms with Gasteiger partial charge >= 0.3 is 6.09 Å². The lowest BCUT2D eigenvalue weighted by molar-refractivity contribution is 0.0205. The largest absolute Gasteiger partial charge is 0.444 e. The normalized spacial score (nSPS) is 15.7. The first kappa shape index (κ1) is 19.6. The summed E-state index contributed by atoms with van der Waals surface area (Å²) in [7, 11) is 2.05. The zero-order valence-corrected chi connectivity index (χ0v) is 18.0. The SMILES string of the molecule is CN(c1ccc2nnc(-c3ccsc3)n2n1)C1CCN(C(=O)OC(C)(C)C)CC1. The smallest absolute Gasteiger partial charge is 0.410 e. The second kappa shape index (κ2) is 7.62. The highest BCUT2D eigenvalue weighted by atomic mass is 32.1. The van der Waals surface area contributed by atoms with Crippen LogP contribution in [0.15, 0.2) is 29.0 Å². The minimum absolute atomic E-state index is 0.233. The maximum atomic E-state index is 12.3. The number of hydrogen-bond donors (Lipinski definition) is 0. The summed E-state index contributed by atoms with van der Waals surface area (Å²) >= 11 is 1.62. The molecule has 0 saturated carbocycles. The van der Waals surface area contributed by atoms with E-state index >= 15 is 0 Å². The molecule has 3 aromatic heterocycles. The highest BCUT2D eigenvalue weighted by Crippen LogP contribution is 2.24. The molecule has 0 aromatic carbocycles. The molecule has 0 spiro atoms. The Morgan fingerprint density at radius 2 is 1.97 bits per heavy atom. The van der Waals surface area contributed by atoms with E-state index < -0.39 is 5.60 Å². The second-order valence-electron chi connectivity index (χ2n) is 8.31. The summed E-state index contributed by atoms with van der Waals surface area (Å²) in [5, 5.41) is 17.4. The number of fused-ring (bicyclic) bond motifs is 1. The van der Waals surface area contributed by atoms with Crippen LogP contribution in [0.3, 0.4) is 0 Å². The van der Waals surface area contributed by atoms with Crippen molar-refractivity contribution in [1.29, 1.82) is 0 Å². The van der Waals surface area contributed by atoms with Gasteiger partial charge in [-0.05, 0) is 57.2 Å². The topological polar surface area (TPSA) is 75.9 Å². The lowest BCUT2D eigenvalue weighted by Gasteiger charge is -2.37. The summed E-state index contributed by atoms with van der Waals surface area (Å²) in [4.78, 5) is 16.3. The molecule has 4 heterocycles. The monoisotopic (exact) mass is 414 g/mol. The number of ether oxygens (including phenoxy) is 1. The molecular formula is C20H26N6O2S. The Morgan fingerprint density at radius 1 is 1.21 bits per heavy atom. The third-order valence-corrected chi connectivity index (χ3v) is 5.74. The molecule has 0 atom stereocenters. The summed E-state index contributed by atoms with van der Waals surface area (Å²) in [6, 6.07) is 6.24. The fourth-order valence-corrected chi connectivity index (χ4v) is 4.12. The molecule has 1 saturated heterocycles. The van der Waals surface area contributed by atoms with E-state index in [1.807, 2.05) is 49.7 Å². The van der Waals surface area contributed by atoms with E-state index in [1.165, 1.54) is 0 Å². The van der Waals surface area contributed by atoms with Gasteiger partial charge < -0.3 is 14.5 Å². The van der Waals surface area contributed by atoms with Crippen LogP contribution in [-0.2, 0) is 4.74 Å². The van der Waals surface area contributed by atoms with E-state index in [4.69, 9.17) is 9.84 Å². The Balaban J connectivity index is 1.46. The number of thiophene rings is 1. The van der Waals surface area contributed by atoms with E-state index in [0.717, 1.165) is 35.7 Å². The summed E-state index contributed by atoms with van der Waals surface area (Å²) in [5.74, 6) is 1.61. The van der Waals surface area contributed by atoms with Crippen LogP contribution in [0.1, 0.15) is 33.6 Å². The number of nitrogens with zero attached hydrogens (tertiary/aromatic N) is 6. The van der Waals surface area contributed by atoms with Crippen molar-refractivity contribution in [3.63, 3.8) is 0 Å². The predicted octanol–water partition coefficient (Wildman–Crippen LogP) is 3.69. The van der Waals surface area contributed by atoms with E-state index in [1.54, 1.807) is 20.8 Å². The number of hydrogen-bond acceptors (Lipinski definition) is 7. The van der Waals surface area contributed by atoms with Crippen LogP contribution in [0.5, 0.6) is 0 Å². The molecule has 1 amide bonds. The number of amides is 1. The lowest BCUT2D eigenvalue weighted by Crippen LogP contribution is -2.47. The van der Waals surface area contributed by atoms with E-state index in [0.29, 0.717) is 19.1 Å². The number of carbonyl (C=O) groups is 1. The summed E-state index contributed by atoms with van der Waals surface area (Å²) < 4.78 is 7.29. The van der Waals surface area contributed by atoms with Gasteiger partial charge in [-0.15, -0.1) is 15.3 Å². The van der Waals surface area contributed by atoms with Gasteiger partial charge in [0, 0.05) is 37.1 Å². The molecule has 1 fully saturated rings. The molecule has 0 aliphatic carbocycles. The molecule has 0 N–H and O–H groups in total. The Hall–Kier alpha value is -2.68. The van der Waals surface area contributed by atoms with Gasteiger partial charge in [-0.25, -0.2) is 4.79 Å². The lowest BCUT2D eigenvalue weighted by atomic mass is 10.0. The zero-order valence-electron chi connectivity index (χ0n) is 17.2. The Kier molecular flexibility index (Phi) is 5.16. The Labute approximate surface area is 174 Å². The highest BCUT2D eigenvalue weighted by Gasteiger charge is 2.29. The van der Waals surface area contributed by atoms with Gasteiger partial charge in [0.1, 0.15) is 11.4 Å². The molecule has 29 heavy (non-hydrogen) atoms. The average molecular weight is 415 g/mol. The number of likely N-dealkylation sites (tertiary alicyclic amines) is 1. The molecule has 4 rings (SSSR count). The van der Waals surface area contributed by atoms with Gasteiger partial charge in [-0.1, -0.05) is 0 Å². The molecule has 1 aliphatic heterocycles. The maximum absolute atomic E-state index is 12.3. The van der Waals surface area contributed by atoms with Crippen molar-refractivity contribution in [2.24, 2.45) is 0 Å².